The SMILES string of the molecule is CC(N)CN.Fc1cc(Cl)ccc1BOc1ccc(Cl)cc1F. The van der Waals surface area contributed by atoms with Crippen molar-refractivity contribution in [2.45, 2.75) is 13.0 Å². The van der Waals surface area contributed by atoms with E-state index in [1.54, 1.807) is 6.07 Å². The van der Waals surface area contributed by atoms with Crippen LogP contribution in [0.25, 0.3) is 0 Å². The predicted molar refractivity (Wildman–Crippen MR) is 92.9 cm³/mol. The Bertz CT molecular complexity index is 593. The van der Waals surface area contributed by atoms with Gasteiger partial charge in [0, 0.05) is 22.6 Å². The topological polar surface area (TPSA) is 61.3 Å². The van der Waals surface area contributed by atoms with Crippen LogP contribution in [0.3, 0.4) is 0 Å². The number of hydrogen-bond donors (Lipinski definition) is 2. The fraction of sp³-hybridized carbons (Fsp3) is 0.200. The second kappa shape index (κ2) is 9.73. The molecule has 0 bridgehead atoms. The molecule has 1 unspecified atom stereocenters. The summed E-state index contributed by atoms with van der Waals surface area (Å²) in [7, 11) is -0.0818. The van der Waals surface area contributed by atoms with Gasteiger partial charge in [-0.15, -0.1) is 0 Å². The first-order valence-electron chi connectivity index (χ1n) is 6.81. The molecule has 0 heterocycles. The van der Waals surface area contributed by atoms with E-state index in [9.17, 15) is 8.78 Å². The molecular weight excluding hydrogens is 344 g/mol. The highest BCUT2D eigenvalue weighted by Gasteiger charge is 2.09. The first-order valence-corrected chi connectivity index (χ1v) is 7.56. The van der Waals surface area contributed by atoms with Crippen molar-refractivity contribution < 1.29 is 13.4 Å². The number of hydrogen-bond acceptors (Lipinski definition) is 3. The van der Waals surface area contributed by atoms with Crippen molar-refractivity contribution in [3.63, 3.8) is 0 Å². The van der Waals surface area contributed by atoms with Crippen LogP contribution in [0.15, 0.2) is 36.4 Å². The molecular formula is C15H17BCl2F2N2O. The highest BCUT2D eigenvalue weighted by Crippen LogP contribution is 2.20. The summed E-state index contributed by atoms with van der Waals surface area (Å²) in [4.78, 5) is 0. The lowest BCUT2D eigenvalue weighted by molar-refractivity contribution is 0.520. The zero-order chi connectivity index (χ0) is 17.4. The quantitative estimate of drug-likeness (QED) is 0.824. The van der Waals surface area contributed by atoms with Gasteiger partial charge in [-0.1, -0.05) is 29.3 Å². The molecule has 0 aliphatic heterocycles. The van der Waals surface area contributed by atoms with Crippen LogP contribution in [-0.2, 0) is 0 Å². The third kappa shape index (κ3) is 7.18. The van der Waals surface area contributed by atoms with E-state index in [0.29, 0.717) is 17.0 Å². The maximum atomic E-state index is 13.4. The van der Waals surface area contributed by atoms with Gasteiger partial charge in [-0.2, -0.15) is 0 Å². The van der Waals surface area contributed by atoms with Gasteiger partial charge in [0.1, 0.15) is 11.6 Å². The largest absolute Gasteiger partial charge is 0.557 e. The van der Waals surface area contributed by atoms with Gasteiger partial charge >= 0.3 is 7.48 Å². The standard InChI is InChI=1S/C12H7BCl2F2O.C3H10N2/c14-7-1-3-9(10(16)5-7)13-18-12-4-2-8(15)6-11(12)17;1-3(5)2-4/h1-6,13H;3H,2,4-5H2,1H3. The highest BCUT2D eigenvalue weighted by atomic mass is 35.5. The molecule has 0 aliphatic carbocycles. The van der Waals surface area contributed by atoms with Gasteiger partial charge in [-0.25, -0.2) is 8.78 Å². The molecule has 2 rings (SSSR count). The van der Waals surface area contributed by atoms with E-state index in [0.717, 1.165) is 6.07 Å². The summed E-state index contributed by atoms with van der Waals surface area (Å²) >= 11 is 11.2. The summed E-state index contributed by atoms with van der Waals surface area (Å²) < 4.78 is 32.0. The Balaban J connectivity index is 0.000000463. The minimum absolute atomic E-state index is 0.0220. The van der Waals surface area contributed by atoms with Crippen LogP contribution in [0.2, 0.25) is 10.0 Å². The lowest BCUT2D eigenvalue weighted by Crippen LogP contribution is -2.25. The predicted octanol–water partition coefficient (Wildman–Crippen LogP) is 2.62. The van der Waals surface area contributed by atoms with Gasteiger partial charge in [0.25, 0.3) is 0 Å². The Morgan fingerprint density at radius 1 is 1.09 bits per heavy atom. The van der Waals surface area contributed by atoms with E-state index in [2.05, 4.69) is 0 Å². The Morgan fingerprint density at radius 2 is 1.61 bits per heavy atom. The fourth-order valence-electron chi connectivity index (χ4n) is 1.39. The molecule has 0 radical (unpaired) electrons. The van der Waals surface area contributed by atoms with Crippen molar-refractivity contribution >= 4 is 36.1 Å². The first kappa shape index (κ1) is 19.7. The Labute approximate surface area is 144 Å². The number of nitrogens with two attached hydrogens (primary N) is 2. The van der Waals surface area contributed by atoms with Gasteiger partial charge < -0.3 is 16.1 Å². The maximum Gasteiger partial charge on any atom is 0.376 e. The molecule has 2 aromatic carbocycles. The zero-order valence-corrected chi connectivity index (χ0v) is 14.0. The second-order valence-electron chi connectivity index (χ2n) is 4.81. The lowest BCUT2D eigenvalue weighted by Gasteiger charge is -2.07. The normalized spacial score (nSPS) is 11.3. The highest BCUT2D eigenvalue weighted by molar-refractivity contribution is 6.48. The van der Waals surface area contributed by atoms with E-state index < -0.39 is 11.6 Å². The minimum atomic E-state index is -0.586. The van der Waals surface area contributed by atoms with Crippen LogP contribution in [-0.4, -0.2) is 20.1 Å². The number of rotatable bonds is 4. The third-order valence-corrected chi connectivity index (χ3v) is 3.13. The second-order valence-corrected chi connectivity index (χ2v) is 5.69. The smallest absolute Gasteiger partial charge is 0.376 e. The molecule has 124 valence electrons. The van der Waals surface area contributed by atoms with Crippen molar-refractivity contribution in [3.05, 3.63) is 58.1 Å². The summed E-state index contributed by atoms with van der Waals surface area (Å²) in [6, 6.07) is 8.40. The van der Waals surface area contributed by atoms with E-state index in [4.69, 9.17) is 39.3 Å². The average molecular weight is 361 g/mol. The van der Waals surface area contributed by atoms with Gasteiger partial charge in [0.15, 0.2) is 5.82 Å². The van der Waals surface area contributed by atoms with Gasteiger partial charge in [-0.3, -0.25) is 0 Å². The molecule has 0 spiro atoms. The molecule has 0 aromatic heterocycles. The van der Waals surface area contributed by atoms with E-state index >= 15 is 0 Å². The van der Waals surface area contributed by atoms with Crippen LogP contribution >= 0.6 is 23.2 Å². The van der Waals surface area contributed by atoms with Crippen LogP contribution in [0.5, 0.6) is 5.75 Å². The van der Waals surface area contributed by atoms with Crippen molar-refractivity contribution in [2.75, 3.05) is 6.54 Å². The van der Waals surface area contributed by atoms with Crippen LogP contribution in [0, 0.1) is 11.6 Å². The average Bonchev–Trinajstić information content (AvgIpc) is 2.48. The molecule has 0 saturated heterocycles. The van der Waals surface area contributed by atoms with Crippen LogP contribution in [0.1, 0.15) is 6.92 Å². The summed E-state index contributed by atoms with van der Waals surface area (Å²) in [6.45, 7) is 2.46. The Hall–Kier alpha value is -1.34. The van der Waals surface area contributed by atoms with Crippen LogP contribution in [0.4, 0.5) is 8.78 Å². The monoisotopic (exact) mass is 360 g/mol. The number of halogens is 4. The van der Waals surface area contributed by atoms with Crippen LogP contribution < -0.4 is 21.6 Å². The minimum Gasteiger partial charge on any atom is -0.557 e. The van der Waals surface area contributed by atoms with Gasteiger partial charge in [0.2, 0.25) is 0 Å². The molecule has 3 nitrogen and oxygen atoms in total. The van der Waals surface area contributed by atoms with E-state index in [1.165, 1.54) is 24.3 Å². The molecule has 0 fully saturated rings. The molecule has 0 saturated carbocycles. The van der Waals surface area contributed by atoms with E-state index in [1.807, 2.05) is 6.92 Å². The molecule has 1 atom stereocenters. The fourth-order valence-corrected chi connectivity index (χ4v) is 1.70. The maximum absolute atomic E-state index is 13.4. The number of benzene rings is 2. The summed E-state index contributed by atoms with van der Waals surface area (Å²) in [5, 5.41) is 0.575. The third-order valence-electron chi connectivity index (χ3n) is 2.66. The van der Waals surface area contributed by atoms with Crippen molar-refractivity contribution in [1.29, 1.82) is 0 Å². The van der Waals surface area contributed by atoms with Crippen molar-refractivity contribution in [1.82, 2.24) is 0 Å². The lowest BCUT2D eigenvalue weighted by atomic mass is 9.87. The molecule has 0 aliphatic rings. The first-order chi connectivity index (χ1) is 10.8. The van der Waals surface area contributed by atoms with Crippen molar-refractivity contribution in [3.8, 4) is 5.75 Å². The zero-order valence-electron chi connectivity index (χ0n) is 12.5. The Morgan fingerprint density at radius 3 is 2.09 bits per heavy atom. The summed E-state index contributed by atoms with van der Waals surface area (Å²) in [5.74, 6) is -1.05. The molecule has 4 N–H and O–H groups in total. The van der Waals surface area contributed by atoms with E-state index in [-0.39, 0.29) is 24.3 Å². The van der Waals surface area contributed by atoms with Crippen molar-refractivity contribution in [2.24, 2.45) is 11.5 Å². The summed E-state index contributed by atoms with van der Waals surface area (Å²) in [5.41, 5.74) is 10.5. The molecule has 2 aromatic rings. The molecule has 23 heavy (non-hydrogen) atoms. The molecule has 8 heteroatoms. The molecule has 0 amide bonds. The van der Waals surface area contributed by atoms with Gasteiger partial charge in [0.05, 0.1) is 0 Å². The summed E-state index contributed by atoms with van der Waals surface area (Å²) in [6.07, 6.45) is 0. The van der Waals surface area contributed by atoms with Gasteiger partial charge in [-0.05, 0) is 42.7 Å². The Kier molecular flexibility index (Phi) is 8.33.